The van der Waals surface area contributed by atoms with Gasteiger partial charge in [0.05, 0.1) is 38.6 Å². The molecule has 598 valence electrons. The van der Waals surface area contributed by atoms with Crippen molar-refractivity contribution in [1.82, 2.24) is 5.32 Å². The van der Waals surface area contributed by atoms with Crippen LogP contribution in [0.4, 0.5) is 0 Å². The molecule has 101 heavy (non-hydrogen) atoms. The molecule has 0 saturated carbocycles. The third kappa shape index (κ3) is 43.3. The second-order valence-corrected chi connectivity index (χ2v) is 30.7. The summed E-state index contributed by atoms with van der Waals surface area (Å²) in [5.41, 5.74) is 0. The van der Waals surface area contributed by atoms with Crippen LogP contribution >= 0.6 is 0 Å². The molecule has 3 heterocycles. The molecule has 0 bridgehead atoms. The molecule has 0 spiro atoms. The zero-order valence-electron chi connectivity index (χ0n) is 64.2. The van der Waals surface area contributed by atoms with E-state index in [2.05, 4.69) is 19.2 Å². The molecular weight excluding hydrogens is 1290 g/mol. The fourth-order valence-corrected chi connectivity index (χ4v) is 14.8. The number of amides is 1. The molecule has 0 aromatic carbocycles. The number of ether oxygens (including phenoxy) is 6. The molecule has 17 unspecified atom stereocenters. The van der Waals surface area contributed by atoms with Crippen molar-refractivity contribution in [3.05, 3.63) is 12.2 Å². The lowest BCUT2D eigenvalue weighted by Gasteiger charge is -2.48. The summed E-state index contributed by atoms with van der Waals surface area (Å²) in [6.45, 7) is 1.81. The minimum Gasteiger partial charge on any atom is -0.394 e. The lowest BCUT2D eigenvalue weighted by atomic mass is 9.96. The summed E-state index contributed by atoms with van der Waals surface area (Å²) in [5.74, 6) is -0.266. The number of rotatable bonds is 69. The lowest BCUT2D eigenvalue weighted by Crippen LogP contribution is -2.66. The van der Waals surface area contributed by atoms with Crippen molar-refractivity contribution in [3.63, 3.8) is 0 Å². The third-order valence-electron chi connectivity index (χ3n) is 21.6. The second-order valence-electron chi connectivity index (χ2n) is 30.7. The summed E-state index contributed by atoms with van der Waals surface area (Å²) < 4.78 is 34.5. The molecule has 0 aromatic rings. The number of carbonyl (C=O) groups is 1. The van der Waals surface area contributed by atoms with E-state index in [1.165, 1.54) is 302 Å². The van der Waals surface area contributed by atoms with Gasteiger partial charge in [-0.1, -0.05) is 360 Å². The van der Waals surface area contributed by atoms with E-state index in [-0.39, 0.29) is 18.9 Å². The van der Waals surface area contributed by atoms with E-state index in [1.54, 1.807) is 6.08 Å². The van der Waals surface area contributed by atoms with Gasteiger partial charge in [0, 0.05) is 6.42 Å². The molecule has 3 rings (SSSR count). The molecule has 1 amide bonds. The number of unbranched alkanes of at least 4 members (excludes halogenated alkanes) is 53. The van der Waals surface area contributed by atoms with Gasteiger partial charge in [-0.25, -0.2) is 0 Å². The van der Waals surface area contributed by atoms with Crippen LogP contribution in [0.2, 0.25) is 0 Å². The Kier molecular flexibility index (Phi) is 58.9. The van der Waals surface area contributed by atoms with Gasteiger partial charge in [0.25, 0.3) is 0 Å². The number of nitrogens with one attached hydrogen (secondary N) is 1. The molecular formula is C82H157NO18. The van der Waals surface area contributed by atoms with Gasteiger partial charge in [0.15, 0.2) is 18.9 Å². The first-order chi connectivity index (χ1) is 49.3. The van der Waals surface area contributed by atoms with Crippen LogP contribution in [-0.2, 0) is 33.2 Å². The minimum atomic E-state index is -1.98. The fraction of sp³-hybridized carbons (Fsp3) is 0.963. The number of aliphatic hydroxyl groups excluding tert-OH is 11. The minimum absolute atomic E-state index is 0.250. The van der Waals surface area contributed by atoms with E-state index < -0.39 is 124 Å². The topological polar surface area (TPSA) is 307 Å². The maximum Gasteiger partial charge on any atom is 0.220 e. The summed E-state index contributed by atoms with van der Waals surface area (Å²) in [5, 5.41) is 121. The summed E-state index contributed by atoms with van der Waals surface area (Å²) in [4.78, 5) is 13.5. The first-order valence-corrected chi connectivity index (χ1v) is 42.4. The Morgan fingerprint density at radius 1 is 0.347 bits per heavy atom. The van der Waals surface area contributed by atoms with E-state index in [4.69, 9.17) is 28.4 Å². The molecule has 17 atom stereocenters. The smallest absolute Gasteiger partial charge is 0.220 e. The van der Waals surface area contributed by atoms with Crippen LogP contribution in [0.25, 0.3) is 0 Å². The van der Waals surface area contributed by atoms with E-state index >= 15 is 0 Å². The molecule has 19 nitrogen and oxygen atoms in total. The Balaban J connectivity index is 1.34. The summed E-state index contributed by atoms with van der Waals surface area (Å²) in [6, 6.07) is -0.970. The average molecular weight is 1450 g/mol. The van der Waals surface area contributed by atoms with Gasteiger partial charge in [-0.3, -0.25) is 4.79 Å². The Bertz CT molecular complexity index is 1870. The van der Waals surface area contributed by atoms with Crippen molar-refractivity contribution in [1.29, 1.82) is 0 Å². The monoisotopic (exact) mass is 1440 g/mol. The quantitative estimate of drug-likeness (QED) is 0.0199. The molecule has 3 aliphatic rings. The van der Waals surface area contributed by atoms with Gasteiger partial charge in [0.2, 0.25) is 5.91 Å². The molecule has 19 heteroatoms. The standard InChI is InChI=1S/C82H157NO18/c1-3-5-7-9-11-13-15-17-19-21-23-25-27-28-29-30-31-32-33-34-35-36-38-40-42-44-46-48-50-52-54-56-58-60-70(88)83-65(66(87)59-57-55-53-51-49-47-45-43-41-39-37-26-24-22-20-18-16-14-12-10-8-6-4-2)64-96-80-76(94)73(91)78(68(62-85)98-80)101-82-77(95)74(92)79(69(63-86)99-82)100-81-75(93)72(90)71(89)67(61-84)97-81/h57,59,65-69,71-82,84-87,89-95H,3-56,58,60-64H2,1-2H3,(H,83,88)/b59-57+. The maximum absolute atomic E-state index is 13.5. The Hall–Kier alpha value is -1.47. The first kappa shape index (κ1) is 93.7. The Labute approximate surface area is 614 Å². The van der Waals surface area contributed by atoms with E-state index in [9.17, 15) is 61.0 Å². The predicted molar refractivity (Wildman–Crippen MR) is 402 cm³/mol. The molecule has 12 N–H and O–H groups in total. The van der Waals surface area contributed by atoms with E-state index in [0.717, 1.165) is 44.9 Å². The van der Waals surface area contributed by atoms with Crippen LogP contribution in [0.5, 0.6) is 0 Å². The van der Waals surface area contributed by atoms with Gasteiger partial charge >= 0.3 is 0 Å². The maximum atomic E-state index is 13.5. The van der Waals surface area contributed by atoms with Crippen LogP contribution in [0.3, 0.4) is 0 Å². The first-order valence-electron chi connectivity index (χ1n) is 42.4. The SMILES string of the molecule is CCCCCCCCCCCCCCCCCCCCCCC/C=C/C(O)C(COC1OC(CO)C(OC2OC(CO)C(OC3OC(CO)C(O)C(O)C3O)C(O)C2O)C(O)C1O)NC(=O)CCCCCCCCCCCCCCCCCCCCCCCCCCCCCCCCCCC. The van der Waals surface area contributed by atoms with Crippen molar-refractivity contribution in [2.24, 2.45) is 0 Å². The van der Waals surface area contributed by atoms with Crippen LogP contribution in [0.1, 0.15) is 373 Å². The summed E-state index contributed by atoms with van der Waals surface area (Å²) >= 11 is 0. The predicted octanol–water partition coefficient (Wildman–Crippen LogP) is 14.7. The van der Waals surface area contributed by atoms with Crippen molar-refractivity contribution >= 4 is 5.91 Å². The van der Waals surface area contributed by atoms with Crippen molar-refractivity contribution in [3.8, 4) is 0 Å². The number of hydrogen-bond donors (Lipinski definition) is 12. The normalized spacial score (nSPS) is 26.3. The van der Waals surface area contributed by atoms with Gasteiger partial charge in [-0.2, -0.15) is 0 Å². The van der Waals surface area contributed by atoms with Crippen LogP contribution in [0, 0.1) is 0 Å². The molecule has 0 aromatic heterocycles. The number of allylic oxidation sites excluding steroid dienone is 1. The molecule has 3 fully saturated rings. The lowest BCUT2D eigenvalue weighted by molar-refractivity contribution is -0.379. The zero-order chi connectivity index (χ0) is 73.2. The highest BCUT2D eigenvalue weighted by atomic mass is 16.8. The van der Waals surface area contributed by atoms with Crippen LogP contribution < -0.4 is 5.32 Å². The highest BCUT2D eigenvalue weighted by Crippen LogP contribution is 2.33. The van der Waals surface area contributed by atoms with Gasteiger partial charge in [-0.05, 0) is 19.3 Å². The highest BCUT2D eigenvalue weighted by Gasteiger charge is 2.54. The zero-order valence-corrected chi connectivity index (χ0v) is 64.2. The van der Waals surface area contributed by atoms with Crippen molar-refractivity contribution in [2.75, 3.05) is 26.4 Å². The van der Waals surface area contributed by atoms with E-state index in [1.807, 2.05) is 6.08 Å². The van der Waals surface area contributed by atoms with Gasteiger partial charge in [-0.15, -0.1) is 0 Å². The molecule has 3 aliphatic heterocycles. The van der Waals surface area contributed by atoms with Crippen molar-refractivity contribution in [2.45, 2.75) is 478 Å². The summed E-state index contributed by atoms with van der Waals surface area (Å²) in [6.07, 6.45) is 49.3. The molecule has 0 aliphatic carbocycles. The second kappa shape index (κ2) is 63.5. The number of aliphatic hydroxyl groups is 11. The van der Waals surface area contributed by atoms with Gasteiger partial charge in [0.1, 0.15) is 73.2 Å². The number of hydrogen-bond acceptors (Lipinski definition) is 18. The summed E-state index contributed by atoms with van der Waals surface area (Å²) in [7, 11) is 0. The Morgan fingerprint density at radius 3 is 0.931 bits per heavy atom. The largest absolute Gasteiger partial charge is 0.394 e. The average Bonchev–Trinajstić information content (AvgIpc) is 0.797. The fourth-order valence-electron chi connectivity index (χ4n) is 14.8. The highest BCUT2D eigenvalue weighted by molar-refractivity contribution is 5.76. The van der Waals surface area contributed by atoms with Crippen molar-refractivity contribution < 1.29 is 89.4 Å². The molecule has 0 radical (unpaired) electrons. The van der Waals surface area contributed by atoms with Crippen LogP contribution in [0.15, 0.2) is 12.2 Å². The third-order valence-corrected chi connectivity index (χ3v) is 21.6. The molecule has 3 saturated heterocycles. The van der Waals surface area contributed by atoms with Crippen LogP contribution in [-0.4, -0.2) is 193 Å². The van der Waals surface area contributed by atoms with E-state index in [0.29, 0.717) is 6.42 Å². The number of carbonyl (C=O) groups excluding carboxylic acids is 1. The van der Waals surface area contributed by atoms with Gasteiger partial charge < -0.3 is 89.9 Å². The Morgan fingerprint density at radius 2 is 0.614 bits per heavy atom.